The molecule has 1 aromatic rings. The zero-order valence-electron chi connectivity index (χ0n) is 13.7. The van der Waals surface area contributed by atoms with E-state index in [9.17, 15) is 9.59 Å². The Balaban J connectivity index is 2.85. The van der Waals surface area contributed by atoms with Crippen molar-refractivity contribution >= 4 is 11.8 Å². The summed E-state index contributed by atoms with van der Waals surface area (Å²) >= 11 is 0. The average Bonchev–Trinajstić information content (AvgIpc) is 2.63. The maximum atomic E-state index is 12.4. The van der Waals surface area contributed by atoms with Gasteiger partial charge in [-0.25, -0.2) is 0 Å². The summed E-state index contributed by atoms with van der Waals surface area (Å²) in [6.07, 6.45) is 5.53. The number of carboxylic acid groups (broad SMARTS) is 1. The van der Waals surface area contributed by atoms with E-state index in [1.165, 1.54) is 6.42 Å². The van der Waals surface area contributed by atoms with Crippen LogP contribution < -0.4 is 0 Å². The van der Waals surface area contributed by atoms with Crippen LogP contribution in [-0.2, 0) is 18.3 Å². The smallest absolute Gasteiger partial charge is 0.303 e. The van der Waals surface area contributed by atoms with E-state index in [1.807, 2.05) is 25.5 Å². The molecule has 0 saturated heterocycles. The highest BCUT2D eigenvalue weighted by molar-refractivity contribution is 5.99. The molecule has 0 amide bonds. The number of ketones is 1. The Labute approximate surface area is 127 Å². The molecule has 21 heavy (non-hydrogen) atoms. The number of rotatable bonds is 9. The van der Waals surface area contributed by atoms with Crippen LogP contribution in [0.3, 0.4) is 0 Å². The second-order valence-corrected chi connectivity index (χ2v) is 5.72. The lowest BCUT2D eigenvalue weighted by Gasteiger charge is -2.04. The van der Waals surface area contributed by atoms with Crippen molar-refractivity contribution in [1.82, 2.24) is 4.57 Å². The van der Waals surface area contributed by atoms with Crippen LogP contribution in [0.25, 0.3) is 0 Å². The van der Waals surface area contributed by atoms with Crippen LogP contribution in [0.2, 0.25) is 0 Å². The first kappa shape index (κ1) is 17.5. The van der Waals surface area contributed by atoms with Gasteiger partial charge in [0, 0.05) is 30.4 Å². The number of carbonyl (C=O) groups is 2. The average molecular weight is 293 g/mol. The van der Waals surface area contributed by atoms with Crippen molar-refractivity contribution in [3.63, 3.8) is 0 Å². The molecule has 0 aliphatic heterocycles. The highest BCUT2D eigenvalue weighted by Crippen LogP contribution is 2.24. The maximum absolute atomic E-state index is 12.4. The predicted molar refractivity (Wildman–Crippen MR) is 83.9 cm³/mol. The number of hydrogen-bond donors (Lipinski definition) is 1. The molecule has 1 aromatic heterocycles. The maximum Gasteiger partial charge on any atom is 0.303 e. The molecule has 0 radical (unpaired) electrons. The van der Waals surface area contributed by atoms with Crippen LogP contribution in [-0.4, -0.2) is 21.4 Å². The first-order valence-electron chi connectivity index (χ1n) is 7.79. The second kappa shape index (κ2) is 8.01. The van der Waals surface area contributed by atoms with Gasteiger partial charge in [-0.2, -0.15) is 0 Å². The molecule has 1 N–H and O–H groups in total. The molecular weight excluding hydrogens is 266 g/mol. The number of Topliss-reactive ketones (excluding diaryl/α,β-unsaturated/α-hetero) is 1. The fraction of sp³-hybridized carbons (Fsp3) is 0.647. The third kappa shape index (κ3) is 4.45. The van der Waals surface area contributed by atoms with Crippen molar-refractivity contribution < 1.29 is 14.7 Å². The SMILES string of the molecule is CCCCCCC(=O)c1c(C)c(CCC(=O)O)n(C)c1C. The van der Waals surface area contributed by atoms with Crippen LogP contribution >= 0.6 is 0 Å². The van der Waals surface area contributed by atoms with E-state index in [0.717, 1.165) is 41.8 Å². The Morgan fingerprint density at radius 3 is 2.33 bits per heavy atom. The minimum atomic E-state index is -0.805. The number of carboxylic acids is 1. The summed E-state index contributed by atoms with van der Waals surface area (Å²) in [4.78, 5) is 23.2. The van der Waals surface area contributed by atoms with Crippen molar-refractivity contribution in [3.8, 4) is 0 Å². The Morgan fingerprint density at radius 2 is 1.76 bits per heavy atom. The third-order valence-electron chi connectivity index (χ3n) is 4.19. The van der Waals surface area contributed by atoms with Crippen LogP contribution in [0.15, 0.2) is 0 Å². The Morgan fingerprint density at radius 1 is 1.10 bits per heavy atom. The highest BCUT2D eigenvalue weighted by Gasteiger charge is 2.20. The van der Waals surface area contributed by atoms with Crippen LogP contribution in [0.1, 0.15) is 72.8 Å². The van der Waals surface area contributed by atoms with Crippen molar-refractivity contribution in [1.29, 1.82) is 0 Å². The van der Waals surface area contributed by atoms with E-state index in [4.69, 9.17) is 5.11 Å². The van der Waals surface area contributed by atoms with E-state index in [-0.39, 0.29) is 12.2 Å². The van der Waals surface area contributed by atoms with Crippen LogP contribution in [0.5, 0.6) is 0 Å². The summed E-state index contributed by atoms with van der Waals surface area (Å²) in [5.74, 6) is -0.612. The van der Waals surface area contributed by atoms with E-state index >= 15 is 0 Å². The molecule has 0 aliphatic carbocycles. The van der Waals surface area contributed by atoms with Gasteiger partial charge in [-0.15, -0.1) is 0 Å². The molecule has 0 bridgehead atoms. The lowest BCUT2D eigenvalue weighted by atomic mass is 10.00. The number of aliphatic carboxylic acids is 1. The standard InChI is InChI=1S/C17H27NO3/c1-5-6-7-8-9-15(19)17-12(2)14(10-11-16(20)21)18(4)13(17)3/h5-11H2,1-4H3,(H,20,21). The largest absolute Gasteiger partial charge is 0.481 e. The molecular formula is C17H27NO3. The van der Waals surface area contributed by atoms with E-state index in [2.05, 4.69) is 6.92 Å². The summed E-state index contributed by atoms with van der Waals surface area (Å²) in [6.45, 7) is 6.03. The third-order valence-corrected chi connectivity index (χ3v) is 4.19. The predicted octanol–water partition coefficient (Wildman–Crippen LogP) is 3.81. The second-order valence-electron chi connectivity index (χ2n) is 5.72. The minimum Gasteiger partial charge on any atom is -0.481 e. The minimum absolute atomic E-state index is 0.0995. The van der Waals surface area contributed by atoms with E-state index in [1.54, 1.807) is 0 Å². The monoisotopic (exact) mass is 293 g/mol. The van der Waals surface area contributed by atoms with Gasteiger partial charge in [0.25, 0.3) is 0 Å². The molecule has 0 atom stereocenters. The molecule has 0 fully saturated rings. The topological polar surface area (TPSA) is 59.3 Å². The number of nitrogens with zero attached hydrogens (tertiary/aromatic N) is 1. The zero-order chi connectivity index (χ0) is 16.0. The van der Waals surface area contributed by atoms with E-state index in [0.29, 0.717) is 12.8 Å². The number of unbranched alkanes of at least 4 members (excludes halogenated alkanes) is 3. The van der Waals surface area contributed by atoms with Gasteiger partial charge in [-0.05, 0) is 32.3 Å². The fourth-order valence-corrected chi connectivity index (χ4v) is 2.87. The highest BCUT2D eigenvalue weighted by atomic mass is 16.4. The Bertz CT molecular complexity index is 515. The Kier molecular flexibility index (Phi) is 6.66. The molecule has 4 nitrogen and oxygen atoms in total. The zero-order valence-corrected chi connectivity index (χ0v) is 13.7. The molecule has 0 unspecified atom stereocenters. The van der Waals surface area contributed by atoms with Crippen molar-refractivity contribution in [3.05, 3.63) is 22.5 Å². The van der Waals surface area contributed by atoms with Gasteiger partial charge in [-0.3, -0.25) is 9.59 Å². The molecule has 0 aromatic carbocycles. The molecule has 4 heteroatoms. The molecule has 1 rings (SSSR count). The molecule has 118 valence electrons. The van der Waals surface area contributed by atoms with Gasteiger partial charge in [0.15, 0.2) is 5.78 Å². The molecule has 0 spiro atoms. The lowest BCUT2D eigenvalue weighted by molar-refractivity contribution is -0.136. The van der Waals surface area contributed by atoms with Gasteiger partial charge in [0.1, 0.15) is 0 Å². The van der Waals surface area contributed by atoms with Crippen molar-refractivity contribution in [2.75, 3.05) is 0 Å². The first-order chi connectivity index (χ1) is 9.90. The number of aromatic nitrogens is 1. The van der Waals surface area contributed by atoms with Gasteiger partial charge < -0.3 is 9.67 Å². The van der Waals surface area contributed by atoms with Gasteiger partial charge >= 0.3 is 5.97 Å². The first-order valence-corrected chi connectivity index (χ1v) is 7.79. The normalized spacial score (nSPS) is 10.9. The molecule has 0 aliphatic rings. The van der Waals surface area contributed by atoms with Gasteiger partial charge in [0.05, 0.1) is 6.42 Å². The summed E-state index contributed by atoms with van der Waals surface area (Å²) in [7, 11) is 1.91. The van der Waals surface area contributed by atoms with Crippen LogP contribution in [0, 0.1) is 13.8 Å². The fourth-order valence-electron chi connectivity index (χ4n) is 2.87. The molecule has 1 heterocycles. The quantitative estimate of drug-likeness (QED) is 0.556. The summed E-state index contributed by atoms with van der Waals surface area (Å²) in [6, 6.07) is 0. The Hall–Kier alpha value is -1.58. The van der Waals surface area contributed by atoms with Crippen LogP contribution in [0.4, 0.5) is 0 Å². The number of hydrogen-bond acceptors (Lipinski definition) is 2. The van der Waals surface area contributed by atoms with Gasteiger partial charge in [0.2, 0.25) is 0 Å². The van der Waals surface area contributed by atoms with Crippen molar-refractivity contribution in [2.24, 2.45) is 7.05 Å². The van der Waals surface area contributed by atoms with Gasteiger partial charge in [-0.1, -0.05) is 26.2 Å². The molecule has 0 saturated carbocycles. The summed E-state index contributed by atoms with van der Waals surface area (Å²) < 4.78 is 1.97. The summed E-state index contributed by atoms with van der Waals surface area (Å²) in [5.41, 5.74) is 3.67. The van der Waals surface area contributed by atoms with E-state index < -0.39 is 5.97 Å². The summed E-state index contributed by atoms with van der Waals surface area (Å²) in [5, 5.41) is 8.83. The number of carbonyl (C=O) groups excluding carboxylic acids is 1. The lowest BCUT2D eigenvalue weighted by Crippen LogP contribution is -2.04. The van der Waals surface area contributed by atoms with Crippen molar-refractivity contribution in [2.45, 2.75) is 65.7 Å².